The molecule has 2 fully saturated rings. The molecule has 0 aromatic heterocycles. The first kappa shape index (κ1) is 20.0. The molecule has 2 heterocycles. The molecule has 2 aliphatic rings. The summed E-state index contributed by atoms with van der Waals surface area (Å²) in [6.45, 7) is 12.8. The van der Waals surface area contributed by atoms with Crippen LogP contribution in [0.15, 0.2) is 30.3 Å². The number of piperidine rings is 1. The zero-order valence-corrected chi connectivity index (χ0v) is 17.2. The molecule has 3 rings (SSSR count). The van der Waals surface area contributed by atoms with E-state index in [9.17, 15) is 4.79 Å². The molecule has 0 radical (unpaired) electrons. The summed E-state index contributed by atoms with van der Waals surface area (Å²) in [7, 11) is 0. The quantitative estimate of drug-likeness (QED) is 0.806. The Morgan fingerprint density at radius 3 is 2.56 bits per heavy atom. The van der Waals surface area contributed by atoms with Crippen molar-refractivity contribution in [2.75, 3.05) is 44.2 Å². The molecule has 2 aliphatic heterocycles. The topological polar surface area (TPSA) is 47.6 Å². The summed E-state index contributed by atoms with van der Waals surface area (Å²) in [5.41, 5.74) is 1.28. The summed E-state index contributed by atoms with van der Waals surface area (Å²) in [6, 6.07) is 10.7. The smallest absolute Gasteiger partial charge is 0.315 e. The van der Waals surface area contributed by atoms with E-state index < -0.39 is 0 Å². The zero-order valence-electron chi connectivity index (χ0n) is 17.2. The average Bonchev–Trinajstić information content (AvgIpc) is 3.09. The molecule has 2 N–H and O–H groups in total. The van der Waals surface area contributed by atoms with E-state index in [1.165, 1.54) is 12.1 Å². The number of likely N-dealkylation sites (tertiary alicyclic amines) is 1. The second-order valence-electron chi connectivity index (χ2n) is 8.86. The van der Waals surface area contributed by atoms with Crippen molar-refractivity contribution in [3.05, 3.63) is 30.3 Å². The van der Waals surface area contributed by atoms with Crippen LogP contribution in [0.25, 0.3) is 0 Å². The minimum Gasteiger partial charge on any atom is -0.371 e. The fourth-order valence-electron chi connectivity index (χ4n) is 4.76. The molecule has 0 bridgehead atoms. The highest BCUT2D eigenvalue weighted by atomic mass is 16.2. The molecular weight excluding hydrogens is 336 g/mol. The maximum atomic E-state index is 12.3. The number of rotatable bonds is 6. The Morgan fingerprint density at radius 1 is 1.15 bits per heavy atom. The predicted molar refractivity (Wildman–Crippen MR) is 112 cm³/mol. The van der Waals surface area contributed by atoms with Crippen molar-refractivity contribution in [2.24, 2.45) is 17.8 Å². The fourth-order valence-corrected chi connectivity index (χ4v) is 4.76. The molecule has 5 heteroatoms. The first-order chi connectivity index (χ1) is 13.0. The van der Waals surface area contributed by atoms with E-state index in [-0.39, 0.29) is 12.1 Å². The first-order valence-electron chi connectivity index (χ1n) is 10.6. The Labute approximate surface area is 164 Å². The van der Waals surface area contributed by atoms with E-state index >= 15 is 0 Å². The monoisotopic (exact) mass is 372 g/mol. The molecule has 1 aromatic rings. The normalized spacial score (nSPS) is 27.4. The molecular formula is C22H36N4O. The van der Waals surface area contributed by atoms with Crippen LogP contribution < -0.4 is 15.5 Å². The second kappa shape index (κ2) is 9.45. The van der Waals surface area contributed by atoms with Crippen LogP contribution in [-0.2, 0) is 0 Å². The SMILES string of the molecule is CC1CC(C)CN(CC(C)NC(=O)NCC2CCN(c3ccccc3)C2)C1. The third-order valence-electron chi connectivity index (χ3n) is 5.81. The van der Waals surface area contributed by atoms with Gasteiger partial charge in [0.1, 0.15) is 0 Å². The lowest BCUT2D eigenvalue weighted by atomic mass is 9.92. The molecule has 0 spiro atoms. The van der Waals surface area contributed by atoms with E-state index in [1.54, 1.807) is 0 Å². The Bertz CT molecular complexity index is 583. The maximum absolute atomic E-state index is 12.3. The van der Waals surface area contributed by atoms with Crippen molar-refractivity contribution < 1.29 is 4.79 Å². The van der Waals surface area contributed by atoms with Gasteiger partial charge in [0.15, 0.2) is 0 Å². The van der Waals surface area contributed by atoms with Gasteiger partial charge in [-0.15, -0.1) is 0 Å². The Balaban J connectivity index is 1.35. The molecule has 0 aliphatic carbocycles. The number of benzene rings is 1. The van der Waals surface area contributed by atoms with Crippen molar-refractivity contribution in [2.45, 2.75) is 39.7 Å². The van der Waals surface area contributed by atoms with Crippen LogP contribution in [0.3, 0.4) is 0 Å². The number of anilines is 1. The number of hydrogen-bond acceptors (Lipinski definition) is 3. The van der Waals surface area contributed by atoms with Gasteiger partial charge in [0.2, 0.25) is 0 Å². The van der Waals surface area contributed by atoms with Crippen LogP contribution >= 0.6 is 0 Å². The van der Waals surface area contributed by atoms with Crippen LogP contribution in [0.1, 0.15) is 33.6 Å². The molecule has 2 amide bonds. The summed E-state index contributed by atoms with van der Waals surface area (Å²) in [5, 5.41) is 6.21. The Kier molecular flexibility index (Phi) is 7.00. The van der Waals surface area contributed by atoms with Crippen molar-refractivity contribution >= 4 is 11.7 Å². The van der Waals surface area contributed by atoms with E-state index in [0.29, 0.717) is 5.92 Å². The van der Waals surface area contributed by atoms with Gasteiger partial charge in [-0.25, -0.2) is 4.79 Å². The van der Waals surface area contributed by atoms with E-state index in [1.807, 2.05) is 0 Å². The lowest BCUT2D eigenvalue weighted by molar-refractivity contribution is 0.131. The highest BCUT2D eigenvalue weighted by Crippen LogP contribution is 2.23. The van der Waals surface area contributed by atoms with Crippen molar-refractivity contribution in [3.8, 4) is 0 Å². The number of urea groups is 1. The molecule has 1 aromatic carbocycles. The van der Waals surface area contributed by atoms with Gasteiger partial charge in [-0.05, 0) is 49.7 Å². The van der Waals surface area contributed by atoms with Crippen LogP contribution in [0.4, 0.5) is 10.5 Å². The molecule has 2 saturated heterocycles. The summed E-state index contributed by atoms with van der Waals surface area (Å²) in [6.07, 6.45) is 2.45. The van der Waals surface area contributed by atoms with Crippen LogP contribution in [-0.4, -0.2) is 56.2 Å². The third-order valence-corrected chi connectivity index (χ3v) is 5.81. The number of amides is 2. The van der Waals surface area contributed by atoms with Gasteiger partial charge in [-0.3, -0.25) is 0 Å². The highest BCUT2D eigenvalue weighted by molar-refractivity contribution is 5.74. The van der Waals surface area contributed by atoms with Gasteiger partial charge >= 0.3 is 6.03 Å². The number of carbonyl (C=O) groups is 1. The molecule has 27 heavy (non-hydrogen) atoms. The third kappa shape index (κ3) is 6.13. The van der Waals surface area contributed by atoms with Gasteiger partial charge in [0.25, 0.3) is 0 Å². The molecule has 4 unspecified atom stereocenters. The van der Waals surface area contributed by atoms with Crippen molar-refractivity contribution in [1.29, 1.82) is 0 Å². The summed E-state index contributed by atoms with van der Waals surface area (Å²) >= 11 is 0. The summed E-state index contributed by atoms with van der Waals surface area (Å²) < 4.78 is 0. The molecule has 150 valence electrons. The maximum Gasteiger partial charge on any atom is 0.315 e. The van der Waals surface area contributed by atoms with Gasteiger partial charge in [0.05, 0.1) is 0 Å². The second-order valence-corrected chi connectivity index (χ2v) is 8.86. The Hall–Kier alpha value is -1.75. The van der Waals surface area contributed by atoms with E-state index in [0.717, 1.165) is 57.5 Å². The first-order valence-corrected chi connectivity index (χ1v) is 10.6. The van der Waals surface area contributed by atoms with Crippen molar-refractivity contribution in [3.63, 3.8) is 0 Å². The number of para-hydroxylation sites is 1. The molecule has 5 nitrogen and oxygen atoms in total. The van der Waals surface area contributed by atoms with Gasteiger partial charge in [-0.1, -0.05) is 32.0 Å². The number of nitrogens with one attached hydrogen (secondary N) is 2. The lowest BCUT2D eigenvalue weighted by Crippen LogP contribution is -2.49. The van der Waals surface area contributed by atoms with Crippen molar-refractivity contribution in [1.82, 2.24) is 15.5 Å². The zero-order chi connectivity index (χ0) is 19.2. The van der Waals surface area contributed by atoms with Crippen LogP contribution in [0.2, 0.25) is 0 Å². The number of hydrogen-bond donors (Lipinski definition) is 2. The summed E-state index contributed by atoms with van der Waals surface area (Å²) in [5.74, 6) is 2.03. The number of carbonyl (C=O) groups excluding carboxylic acids is 1. The van der Waals surface area contributed by atoms with Gasteiger partial charge < -0.3 is 20.4 Å². The van der Waals surface area contributed by atoms with E-state index in [4.69, 9.17) is 0 Å². The molecule has 0 saturated carbocycles. The fraction of sp³-hybridized carbons (Fsp3) is 0.682. The highest BCUT2D eigenvalue weighted by Gasteiger charge is 2.25. The molecule has 4 atom stereocenters. The minimum atomic E-state index is -0.0289. The van der Waals surface area contributed by atoms with Gasteiger partial charge in [-0.2, -0.15) is 0 Å². The Morgan fingerprint density at radius 2 is 1.85 bits per heavy atom. The average molecular weight is 373 g/mol. The summed E-state index contributed by atoms with van der Waals surface area (Å²) in [4.78, 5) is 17.2. The standard InChI is InChI=1S/C22H36N4O/c1-17-11-18(2)14-25(13-17)15-19(3)24-22(27)23-12-20-9-10-26(16-20)21-7-5-4-6-8-21/h4-8,17-20H,9-16H2,1-3H3,(H2,23,24,27). The minimum absolute atomic E-state index is 0.0289. The van der Waals surface area contributed by atoms with E-state index in [2.05, 4.69) is 71.5 Å². The van der Waals surface area contributed by atoms with Crippen LogP contribution in [0.5, 0.6) is 0 Å². The van der Waals surface area contributed by atoms with Gasteiger partial charge in [0, 0.05) is 51.0 Å². The lowest BCUT2D eigenvalue weighted by Gasteiger charge is -2.36. The predicted octanol–water partition coefficient (Wildman–Crippen LogP) is 3.18. The van der Waals surface area contributed by atoms with Crippen LogP contribution in [0, 0.1) is 17.8 Å². The number of nitrogens with zero attached hydrogens (tertiary/aromatic N) is 2. The largest absolute Gasteiger partial charge is 0.371 e.